The zero-order valence-corrected chi connectivity index (χ0v) is 13.6. The molecular formula is C13H18N2O5S2. The molecule has 0 aromatic carbocycles. The van der Waals surface area contributed by atoms with E-state index in [1.165, 1.54) is 0 Å². The largest absolute Gasteiger partial charge is 0.478 e. The van der Waals surface area contributed by atoms with Crippen LogP contribution in [-0.4, -0.2) is 45.3 Å². The number of rotatable bonds is 5. The van der Waals surface area contributed by atoms with Crippen LogP contribution in [0.5, 0.6) is 0 Å². The Labute approximate surface area is 132 Å². The van der Waals surface area contributed by atoms with Crippen molar-refractivity contribution >= 4 is 27.3 Å². The molecule has 7 nitrogen and oxygen atoms in total. The maximum atomic E-state index is 12.5. The summed E-state index contributed by atoms with van der Waals surface area (Å²) in [6, 6.07) is 0. The van der Waals surface area contributed by atoms with Crippen molar-refractivity contribution in [2.24, 2.45) is 0 Å². The molecule has 0 amide bonds. The molecule has 1 unspecified atom stereocenters. The molecule has 0 radical (unpaired) electrons. The Bertz CT molecular complexity index is 677. The van der Waals surface area contributed by atoms with Gasteiger partial charge >= 0.3 is 5.97 Å². The summed E-state index contributed by atoms with van der Waals surface area (Å²) in [5.41, 5.74) is 0.579. The number of thiophene rings is 1. The van der Waals surface area contributed by atoms with Crippen molar-refractivity contribution in [3.63, 3.8) is 0 Å². The first kappa shape index (κ1) is 15.9. The first-order chi connectivity index (χ1) is 10.5. The summed E-state index contributed by atoms with van der Waals surface area (Å²) in [5, 5.41) is 12.6. The predicted octanol–water partition coefficient (Wildman–Crippen LogP) is 0.549. The summed E-state index contributed by atoms with van der Waals surface area (Å²) < 4.78 is 32.8. The van der Waals surface area contributed by atoms with Gasteiger partial charge in [-0.05, 0) is 31.4 Å². The Kier molecular flexibility index (Phi) is 4.51. The van der Waals surface area contributed by atoms with Crippen molar-refractivity contribution < 1.29 is 23.1 Å². The molecule has 122 valence electrons. The van der Waals surface area contributed by atoms with Crippen molar-refractivity contribution in [1.82, 2.24) is 10.0 Å². The van der Waals surface area contributed by atoms with E-state index in [9.17, 15) is 18.3 Å². The van der Waals surface area contributed by atoms with Crippen LogP contribution in [0.2, 0.25) is 0 Å². The van der Waals surface area contributed by atoms with Crippen molar-refractivity contribution in [2.75, 3.05) is 19.7 Å². The monoisotopic (exact) mass is 346 g/mol. The Hall–Kier alpha value is -1.00. The third-order valence-electron chi connectivity index (χ3n) is 3.88. The van der Waals surface area contributed by atoms with Crippen molar-refractivity contribution in [1.29, 1.82) is 0 Å². The number of sulfonamides is 1. The molecule has 0 aliphatic carbocycles. The van der Waals surface area contributed by atoms with Crippen LogP contribution in [-0.2, 0) is 27.7 Å². The van der Waals surface area contributed by atoms with E-state index < -0.39 is 16.0 Å². The smallest absolute Gasteiger partial charge is 0.338 e. The molecule has 2 aliphatic rings. The van der Waals surface area contributed by atoms with Crippen molar-refractivity contribution in [2.45, 2.75) is 36.1 Å². The van der Waals surface area contributed by atoms with E-state index in [1.54, 1.807) is 0 Å². The van der Waals surface area contributed by atoms with E-state index in [2.05, 4.69) is 10.0 Å². The minimum atomic E-state index is -3.84. The van der Waals surface area contributed by atoms with Crippen molar-refractivity contribution in [3.8, 4) is 0 Å². The number of carboxylic acids is 1. The van der Waals surface area contributed by atoms with Gasteiger partial charge in [0.25, 0.3) is 10.0 Å². The number of carbonyl (C=O) groups is 1. The van der Waals surface area contributed by atoms with Gasteiger partial charge in [0.15, 0.2) is 0 Å². The molecule has 1 atom stereocenters. The fourth-order valence-electron chi connectivity index (χ4n) is 2.79. The van der Waals surface area contributed by atoms with Crippen LogP contribution in [0.4, 0.5) is 0 Å². The SMILES string of the molecule is O=C(O)c1c(S(=O)(=O)NCC2CCCO2)sc2c1CCNC2. The summed E-state index contributed by atoms with van der Waals surface area (Å²) in [6.45, 7) is 2.00. The number of hydrogen-bond acceptors (Lipinski definition) is 6. The first-order valence-electron chi connectivity index (χ1n) is 7.19. The normalized spacial score (nSPS) is 21.7. The lowest BCUT2D eigenvalue weighted by molar-refractivity contribution is 0.0692. The second-order valence-corrected chi connectivity index (χ2v) is 8.45. The summed E-state index contributed by atoms with van der Waals surface area (Å²) >= 11 is 1.05. The molecule has 3 heterocycles. The van der Waals surface area contributed by atoms with E-state index in [0.29, 0.717) is 31.7 Å². The summed E-state index contributed by atoms with van der Waals surface area (Å²) in [5.74, 6) is -1.18. The Morgan fingerprint density at radius 1 is 1.50 bits per heavy atom. The summed E-state index contributed by atoms with van der Waals surface area (Å²) in [4.78, 5) is 12.3. The third-order valence-corrected chi connectivity index (χ3v) is 7.05. The molecular weight excluding hydrogens is 328 g/mol. The van der Waals surface area contributed by atoms with E-state index in [1.807, 2.05) is 0 Å². The van der Waals surface area contributed by atoms with Gasteiger partial charge in [-0.3, -0.25) is 0 Å². The fraction of sp³-hybridized carbons (Fsp3) is 0.615. The van der Waals surface area contributed by atoms with Gasteiger partial charge in [0.1, 0.15) is 4.21 Å². The molecule has 0 spiro atoms. The van der Waals surface area contributed by atoms with Gasteiger partial charge in [0, 0.05) is 24.6 Å². The lowest BCUT2D eigenvalue weighted by Gasteiger charge is -2.13. The molecule has 0 saturated carbocycles. The number of ether oxygens (including phenoxy) is 1. The fourth-order valence-corrected chi connectivity index (χ4v) is 5.76. The van der Waals surface area contributed by atoms with E-state index in [-0.39, 0.29) is 22.4 Å². The van der Waals surface area contributed by atoms with Crippen LogP contribution < -0.4 is 10.0 Å². The van der Waals surface area contributed by atoms with Gasteiger partial charge in [-0.2, -0.15) is 0 Å². The molecule has 1 fully saturated rings. The topological polar surface area (TPSA) is 105 Å². The average molecular weight is 346 g/mol. The van der Waals surface area contributed by atoms with Gasteiger partial charge in [-0.25, -0.2) is 17.9 Å². The van der Waals surface area contributed by atoms with Crippen LogP contribution in [0, 0.1) is 0 Å². The highest BCUT2D eigenvalue weighted by molar-refractivity contribution is 7.91. The molecule has 1 aromatic rings. The zero-order valence-electron chi connectivity index (χ0n) is 11.9. The second kappa shape index (κ2) is 6.25. The minimum absolute atomic E-state index is 0.0682. The highest BCUT2D eigenvalue weighted by atomic mass is 32.2. The lowest BCUT2D eigenvalue weighted by atomic mass is 10.1. The summed E-state index contributed by atoms with van der Waals surface area (Å²) in [7, 11) is -3.84. The van der Waals surface area contributed by atoms with E-state index >= 15 is 0 Å². The Balaban J connectivity index is 1.88. The standard InChI is InChI=1S/C13H18N2O5S2/c16-12(17)11-9-3-4-14-7-10(9)21-13(11)22(18,19)15-6-8-2-1-5-20-8/h8,14-15H,1-7H2,(H,16,17). The average Bonchev–Trinajstić information content (AvgIpc) is 3.12. The molecule has 22 heavy (non-hydrogen) atoms. The number of aromatic carboxylic acids is 1. The maximum Gasteiger partial charge on any atom is 0.338 e. The van der Waals surface area contributed by atoms with Crippen LogP contribution in [0.15, 0.2) is 4.21 Å². The quantitative estimate of drug-likeness (QED) is 0.719. The van der Waals surface area contributed by atoms with Gasteiger partial charge in [0.05, 0.1) is 11.7 Å². The predicted molar refractivity (Wildman–Crippen MR) is 80.9 cm³/mol. The first-order valence-corrected chi connectivity index (χ1v) is 9.49. The molecule has 2 aliphatic heterocycles. The number of hydrogen-bond donors (Lipinski definition) is 3. The number of nitrogens with one attached hydrogen (secondary N) is 2. The van der Waals surface area contributed by atoms with Gasteiger partial charge in [0.2, 0.25) is 0 Å². The van der Waals surface area contributed by atoms with Crippen LogP contribution in [0.25, 0.3) is 0 Å². The van der Waals surface area contributed by atoms with E-state index in [0.717, 1.165) is 29.1 Å². The van der Waals surface area contributed by atoms with E-state index in [4.69, 9.17) is 4.74 Å². The number of fused-ring (bicyclic) bond motifs is 1. The highest BCUT2D eigenvalue weighted by Gasteiger charge is 2.32. The molecule has 3 N–H and O–H groups in total. The van der Waals surface area contributed by atoms with Crippen molar-refractivity contribution in [3.05, 3.63) is 16.0 Å². The molecule has 9 heteroatoms. The summed E-state index contributed by atoms with van der Waals surface area (Å²) in [6.07, 6.45) is 2.15. The maximum absolute atomic E-state index is 12.5. The van der Waals surface area contributed by atoms with Crippen LogP contribution in [0.3, 0.4) is 0 Å². The van der Waals surface area contributed by atoms with Gasteiger partial charge in [-0.1, -0.05) is 0 Å². The number of carboxylic acid groups (broad SMARTS) is 1. The Morgan fingerprint density at radius 3 is 3.00 bits per heavy atom. The van der Waals surface area contributed by atoms with Gasteiger partial charge in [-0.15, -0.1) is 11.3 Å². The van der Waals surface area contributed by atoms with Crippen LogP contribution >= 0.6 is 11.3 Å². The van der Waals surface area contributed by atoms with Gasteiger partial charge < -0.3 is 15.2 Å². The lowest BCUT2D eigenvalue weighted by Crippen LogP contribution is -2.32. The van der Waals surface area contributed by atoms with Crippen LogP contribution in [0.1, 0.15) is 33.6 Å². The molecule has 1 aromatic heterocycles. The third kappa shape index (κ3) is 3.04. The zero-order chi connectivity index (χ0) is 15.7. The molecule has 3 rings (SSSR count). The second-order valence-electron chi connectivity index (χ2n) is 5.39. The highest BCUT2D eigenvalue weighted by Crippen LogP contribution is 2.34. The Morgan fingerprint density at radius 2 is 2.32 bits per heavy atom. The minimum Gasteiger partial charge on any atom is -0.478 e. The molecule has 0 bridgehead atoms. The molecule has 1 saturated heterocycles.